The van der Waals surface area contributed by atoms with Crippen LogP contribution in [-0.2, 0) is 0 Å². The maximum atomic E-state index is 9.36. The van der Waals surface area contributed by atoms with Crippen molar-refractivity contribution in [1.29, 1.82) is 0 Å². The Bertz CT molecular complexity index is 505. The van der Waals surface area contributed by atoms with Crippen LogP contribution in [0.1, 0.15) is 24.6 Å². The Morgan fingerprint density at radius 1 is 1.31 bits per heavy atom. The van der Waals surface area contributed by atoms with Crippen LogP contribution in [0.25, 0.3) is 5.65 Å². The molecule has 1 aliphatic rings. The van der Waals surface area contributed by atoms with Crippen LogP contribution in [0.3, 0.4) is 0 Å². The second kappa shape index (κ2) is 3.97. The predicted molar refractivity (Wildman–Crippen MR) is 64.0 cm³/mol. The summed E-state index contributed by atoms with van der Waals surface area (Å²) in [6.45, 7) is 0. The number of hydrogen-bond acceptors (Lipinski definition) is 4. The van der Waals surface area contributed by atoms with Crippen LogP contribution < -0.4 is 0 Å². The molecular weight excluding hydrogens is 222 g/mol. The molecule has 0 unspecified atom stereocenters. The van der Waals surface area contributed by atoms with Crippen molar-refractivity contribution < 1.29 is 5.11 Å². The molecule has 0 atom stereocenters. The molecule has 84 valence electrons. The third-order valence-corrected chi connectivity index (χ3v) is 3.97. The van der Waals surface area contributed by atoms with E-state index in [1.165, 1.54) is 11.5 Å². The number of aromatic hydroxyl groups is 1. The van der Waals surface area contributed by atoms with Crippen molar-refractivity contribution in [2.75, 3.05) is 11.5 Å². The quantitative estimate of drug-likeness (QED) is 0.822. The van der Waals surface area contributed by atoms with E-state index in [0.717, 1.165) is 24.3 Å². The standard InChI is InChI=1S/C11H13N3OS/c15-9-1-2-10-12-11(13-14(10)7-9)8-3-5-16-6-4-8/h1-2,7-8,15H,3-6H2. The lowest BCUT2D eigenvalue weighted by Crippen LogP contribution is -2.09. The average Bonchev–Trinajstić information content (AvgIpc) is 2.73. The number of aromatic nitrogens is 3. The smallest absolute Gasteiger partial charge is 0.155 e. The van der Waals surface area contributed by atoms with Crippen molar-refractivity contribution in [3.63, 3.8) is 0 Å². The molecule has 0 radical (unpaired) electrons. The highest BCUT2D eigenvalue weighted by molar-refractivity contribution is 7.99. The van der Waals surface area contributed by atoms with Crippen LogP contribution in [0.5, 0.6) is 5.75 Å². The van der Waals surface area contributed by atoms with Gasteiger partial charge in [0.2, 0.25) is 0 Å². The third-order valence-electron chi connectivity index (χ3n) is 2.92. The fourth-order valence-corrected chi connectivity index (χ4v) is 3.12. The SMILES string of the molecule is Oc1ccc2nc(C3CCSCC3)nn2c1. The van der Waals surface area contributed by atoms with Crippen molar-refractivity contribution in [2.24, 2.45) is 0 Å². The van der Waals surface area contributed by atoms with Gasteiger partial charge in [-0.15, -0.1) is 0 Å². The molecule has 2 aromatic heterocycles. The summed E-state index contributed by atoms with van der Waals surface area (Å²) in [7, 11) is 0. The van der Waals surface area contributed by atoms with Crippen LogP contribution in [0, 0.1) is 0 Å². The van der Waals surface area contributed by atoms with E-state index in [0.29, 0.717) is 5.92 Å². The minimum Gasteiger partial charge on any atom is -0.506 e. The topological polar surface area (TPSA) is 50.4 Å². The van der Waals surface area contributed by atoms with Gasteiger partial charge in [0.1, 0.15) is 5.75 Å². The number of hydrogen-bond donors (Lipinski definition) is 1. The molecular formula is C11H13N3OS. The fourth-order valence-electron chi connectivity index (χ4n) is 2.02. The summed E-state index contributed by atoms with van der Waals surface area (Å²) in [5.74, 6) is 4.04. The molecule has 0 bridgehead atoms. The maximum Gasteiger partial charge on any atom is 0.155 e. The molecule has 1 aliphatic heterocycles. The lowest BCUT2D eigenvalue weighted by Gasteiger charge is -2.17. The van der Waals surface area contributed by atoms with Gasteiger partial charge in [0.25, 0.3) is 0 Å². The van der Waals surface area contributed by atoms with Gasteiger partial charge in [-0.3, -0.25) is 0 Å². The normalized spacial score (nSPS) is 18.0. The van der Waals surface area contributed by atoms with Crippen molar-refractivity contribution in [1.82, 2.24) is 14.6 Å². The van der Waals surface area contributed by atoms with Gasteiger partial charge in [0, 0.05) is 5.92 Å². The summed E-state index contributed by atoms with van der Waals surface area (Å²) in [6, 6.07) is 3.44. The number of nitrogens with zero attached hydrogens (tertiary/aromatic N) is 3. The Balaban J connectivity index is 1.97. The van der Waals surface area contributed by atoms with Crippen molar-refractivity contribution in [3.05, 3.63) is 24.2 Å². The van der Waals surface area contributed by atoms with Crippen LogP contribution in [0.4, 0.5) is 0 Å². The van der Waals surface area contributed by atoms with E-state index in [1.807, 2.05) is 11.8 Å². The largest absolute Gasteiger partial charge is 0.506 e. The minimum absolute atomic E-state index is 0.225. The van der Waals surface area contributed by atoms with E-state index in [9.17, 15) is 5.11 Å². The molecule has 4 nitrogen and oxygen atoms in total. The minimum atomic E-state index is 0.225. The molecule has 0 spiro atoms. The zero-order valence-electron chi connectivity index (χ0n) is 8.83. The monoisotopic (exact) mass is 235 g/mol. The summed E-state index contributed by atoms with van der Waals surface area (Å²) in [5.41, 5.74) is 0.811. The van der Waals surface area contributed by atoms with Gasteiger partial charge in [0.05, 0.1) is 6.20 Å². The number of rotatable bonds is 1. The van der Waals surface area contributed by atoms with E-state index in [2.05, 4.69) is 10.1 Å². The van der Waals surface area contributed by atoms with Crippen LogP contribution >= 0.6 is 11.8 Å². The molecule has 5 heteroatoms. The van der Waals surface area contributed by atoms with E-state index < -0.39 is 0 Å². The Morgan fingerprint density at radius 2 is 2.12 bits per heavy atom. The molecule has 0 aliphatic carbocycles. The zero-order chi connectivity index (χ0) is 11.0. The number of fused-ring (bicyclic) bond motifs is 1. The van der Waals surface area contributed by atoms with Crippen LogP contribution in [0.2, 0.25) is 0 Å². The lowest BCUT2D eigenvalue weighted by atomic mass is 10.0. The first-order valence-electron chi connectivity index (χ1n) is 5.46. The molecule has 3 heterocycles. The summed E-state index contributed by atoms with van der Waals surface area (Å²) < 4.78 is 1.66. The van der Waals surface area contributed by atoms with Crippen molar-refractivity contribution in [3.8, 4) is 5.75 Å². The predicted octanol–water partition coefficient (Wildman–Crippen LogP) is 2.05. The van der Waals surface area contributed by atoms with Crippen molar-refractivity contribution in [2.45, 2.75) is 18.8 Å². The van der Waals surface area contributed by atoms with Crippen LogP contribution in [0.15, 0.2) is 18.3 Å². The Hall–Kier alpha value is -1.23. The first-order chi connectivity index (χ1) is 7.83. The molecule has 16 heavy (non-hydrogen) atoms. The van der Waals surface area contributed by atoms with Gasteiger partial charge in [-0.1, -0.05) is 0 Å². The first kappa shape index (κ1) is 9.96. The van der Waals surface area contributed by atoms with E-state index in [4.69, 9.17) is 0 Å². The van der Waals surface area contributed by atoms with Gasteiger partial charge < -0.3 is 5.11 Å². The van der Waals surface area contributed by atoms with Gasteiger partial charge in [-0.2, -0.15) is 16.9 Å². The zero-order valence-corrected chi connectivity index (χ0v) is 9.65. The number of pyridine rings is 1. The van der Waals surface area contributed by atoms with Crippen molar-refractivity contribution >= 4 is 17.4 Å². The highest BCUT2D eigenvalue weighted by Crippen LogP contribution is 2.29. The summed E-state index contributed by atoms with van der Waals surface area (Å²) in [5, 5.41) is 13.8. The molecule has 2 aromatic rings. The summed E-state index contributed by atoms with van der Waals surface area (Å²) >= 11 is 2.00. The van der Waals surface area contributed by atoms with E-state index >= 15 is 0 Å². The molecule has 3 rings (SSSR count). The maximum absolute atomic E-state index is 9.36. The van der Waals surface area contributed by atoms with Crippen LogP contribution in [-0.4, -0.2) is 31.2 Å². The fraction of sp³-hybridized carbons (Fsp3) is 0.455. The Kier molecular flexibility index (Phi) is 2.47. The summed E-state index contributed by atoms with van der Waals surface area (Å²) in [6.07, 6.45) is 3.92. The molecule has 0 saturated carbocycles. The van der Waals surface area contributed by atoms with Gasteiger partial charge in [-0.25, -0.2) is 9.50 Å². The Morgan fingerprint density at radius 3 is 2.94 bits per heavy atom. The van der Waals surface area contributed by atoms with Gasteiger partial charge >= 0.3 is 0 Å². The molecule has 1 N–H and O–H groups in total. The molecule has 1 fully saturated rings. The molecule has 0 amide bonds. The van der Waals surface area contributed by atoms with E-state index in [1.54, 1.807) is 22.8 Å². The van der Waals surface area contributed by atoms with Gasteiger partial charge in [0.15, 0.2) is 11.5 Å². The first-order valence-corrected chi connectivity index (χ1v) is 6.61. The Labute approximate surface area is 97.7 Å². The second-order valence-electron chi connectivity index (χ2n) is 4.05. The average molecular weight is 235 g/mol. The van der Waals surface area contributed by atoms with Gasteiger partial charge in [-0.05, 0) is 36.5 Å². The number of thioether (sulfide) groups is 1. The second-order valence-corrected chi connectivity index (χ2v) is 5.27. The highest BCUT2D eigenvalue weighted by atomic mass is 32.2. The van der Waals surface area contributed by atoms with E-state index in [-0.39, 0.29) is 5.75 Å². The lowest BCUT2D eigenvalue weighted by molar-refractivity contribution is 0.470. The third kappa shape index (κ3) is 1.75. The highest BCUT2D eigenvalue weighted by Gasteiger charge is 2.20. The molecule has 0 aromatic carbocycles. The summed E-state index contributed by atoms with van der Waals surface area (Å²) in [4.78, 5) is 4.51. The molecule has 1 saturated heterocycles.